The number of anilines is 1. The summed E-state index contributed by atoms with van der Waals surface area (Å²) in [5.74, 6) is 0.393. The fourth-order valence-electron chi connectivity index (χ4n) is 3.91. The van der Waals surface area contributed by atoms with Crippen LogP contribution in [0, 0.1) is 3.57 Å². The van der Waals surface area contributed by atoms with Crippen LogP contribution in [-0.2, 0) is 17.6 Å². The molecule has 162 valence electrons. The molecule has 1 heterocycles. The maximum Gasteiger partial charge on any atom is 0.229 e. The maximum atomic E-state index is 12.9. The summed E-state index contributed by atoms with van der Waals surface area (Å²) in [7, 11) is 0. The third-order valence-corrected chi connectivity index (χ3v) is 6.24. The number of hydrogen-bond acceptors (Lipinski definition) is 3. The number of aromatic nitrogens is 2. The molecule has 1 amide bonds. The Kier molecular flexibility index (Phi) is 5.92. The quantitative estimate of drug-likeness (QED) is 0.228. The van der Waals surface area contributed by atoms with Crippen LogP contribution >= 0.6 is 22.6 Å². The topological polar surface area (TPSA) is 74.8 Å². The number of benzene rings is 4. The van der Waals surface area contributed by atoms with E-state index in [-0.39, 0.29) is 17.8 Å². The van der Waals surface area contributed by atoms with E-state index in [0.717, 1.165) is 42.2 Å². The van der Waals surface area contributed by atoms with Crippen molar-refractivity contribution in [3.63, 3.8) is 0 Å². The van der Waals surface area contributed by atoms with Crippen LogP contribution in [0.4, 0.5) is 5.82 Å². The molecule has 0 saturated heterocycles. The van der Waals surface area contributed by atoms with E-state index in [1.54, 1.807) is 12.1 Å². The largest absolute Gasteiger partial charge is 0.353 e. The van der Waals surface area contributed by atoms with Gasteiger partial charge < -0.3 is 10.3 Å². The SMILES string of the molecule is O=C(Cc1ccc(I)cc1)Nc1nc2ccc3cc(=O)ccc3c2[nH]c1Cc1ccccc1. The normalized spacial score (nSPS) is 11.1. The van der Waals surface area contributed by atoms with Crippen molar-refractivity contribution in [3.8, 4) is 0 Å². The molecule has 0 atom stereocenters. The van der Waals surface area contributed by atoms with Gasteiger partial charge in [0.2, 0.25) is 5.91 Å². The van der Waals surface area contributed by atoms with Crippen LogP contribution in [0.2, 0.25) is 0 Å². The Bertz CT molecular complexity index is 1530. The molecule has 1 aromatic heterocycles. The Balaban J connectivity index is 1.56. The molecular weight excluding hydrogens is 525 g/mol. The van der Waals surface area contributed by atoms with Gasteiger partial charge in [-0.05, 0) is 75.5 Å². The lowest BCUT2D eigenvalue weighted by atomic mass is 10.1. The zero-order valence-corrected chi connectivity index (χ0v) is 19.8. The third-order valence-electron chi connectivity index (χ3n) is 5.52. The molecule has 0 unspecified atom stereocenters. The van der Waals surface area contributed by atoms with Crippen molar-refractivity contribution in [2.45, 2.75) is 12.8 Å². The Labute approximate surface area is 204 Å². The van der Waals surface area contributed by atoms with Crippen molar-refractivity contribution in [3.05, 3.63) is 116 Å². The highest BCUT2D eigenvalue weighted by molar-refractivity contribution is 14.1. The van der Waals surface area contributed by atoms with Crippen LogP contribution in [0.25, 0.3) is 21.8 Å². The maximum absolute atomic E-state index is 12.9. The van der Waals surface area contributed by atoms with Gasteiger partial charge in [0.25, 0.3) is 0 Å². The molecule has 0 bridgehead atoms. The summed E-state index contributed by atoms with van der Waals surface area (Å²) in [5.41, 5.74) is 4.39. The summed E-state index contributed by atoms with van der Waals surface area (Å²) in [5, 5.41) is 4.79. The predicted octanol–water partition coefficient (Wildman–Crippen LogP) is 5.45. The summed E-state index contributed by atoms with van der Waals surface area (Å²) in [6.45, 7) is 0. The number of carbonyl (C=O) groups is 1. The molecule has 33 heavy (non-hydrogen) atoms. The van der Waals surface area contributed by atoms with E-state index >= 15 is 0 Å². The highest BCUT2D eigenvalue weighted by Crippen LogP contribution is 2.26. The van der Waals surface area contributed by atoms with Crippen LogP contribution in [-0.4, -0.2) is 15.9 Å². The van der Waals surface area contributed by atoms with E-state index in [9.17, 15) is 9.59 Å². The number of fused-ring (bicyclic) bond motifs is 3. The van der Waals surface area contributed by atoms with Crippen molar-refractivity contribution in [1.29, 1.82) is 0 Å². The summed E-state index contributed by atoms with van der Waals surface area (Å²) >= 11 is 2.25. The molecule has 2 N–H and O–H groups in total. The molecule has 0 aliphatic rings. The number of aromatic amines is 1. The number of amides is 1. The van der Waals surface area contributed by atoms with Crippen LogP contribution in [0.5, 0.6) is 0 Å². The minimum Gasteiger partial charge on any atom is -0.353 e. The average molecular weight is 545 g/mol. The first-order valence-electron chi connectivity index (χ1n) is 10.6. The van der Waals surface area contributed by atoms with Crippen LogP contribution in [0.3, 0.4) is 0 Å². The van der Waals surface area contributed by atoms with Crippen LogP contribution in [0.1, 0.15) is 16.8 Å². The summed E-state index contributed by atoms with van der Waals surface area (Å²) in [6.07, 6.45) is 0.852. The van der Waals surface area contributed by atoms with Gasteiger partial charge in [-0.25, -0.2) is 4.98 Å². The first-order chi connectivity index (χ1) is 16.0. The Morgan fingerprint density at radius 1 is 0.909 bits per heavy atom. The molecule has 5 rings (SSSR count). The first kappa shape index (κ1) is 21.3. The van der Waals surface area contributed by atoms with E-state index in [4.69, 9.17) is 4.98 Å². The first-order valence-corrected chi connectivity index (χ1v) is 11.7. The molecule has 0 aliphatic heterocycles. The van der Waals surface area contributed by atoms with Crippen molar-refractivity contribution >= 4 is 56.1 Å². The molecule has 0 fully saturated rings. The van der Waals surface area contributed by atoms with Gasteiger partial charge in [0, 0.05) is 15.4 Å². The highest BCUT2D eigenvalue weighted by Gasteiger charge is 2.14. The van der Waals surface area contributed by atoms with Gasteiger partial charge in [0.1, 0.15) is 0 Å². The number of rotatable bonds is 5. The molecule has 0 radical (unpaired) electrons. The second-order valence-electron chi connectivity index (χ2n) is 7.92. The molecule has 5 aromatic rings. The standard InChI is InChI=1S/C27H20IN3O2/c28-20-9-6-18(7-10-20)15-25(33)31-27-24(14-17-4-2-1-3-5-17)29-26-22-12-11-21(32)16-19(22)8-13-23(26)30-27/h1-13,16,29H,14-15H2,(H,31,33). The Morgan fingerprint density at radius 2 is 1.70 bits per heavy atom. The lowest BCUT2D eigenvalue weighted by Crippen LogP contribution is -2.17. The van der Waals surface area contributed by atoms with Crippen LogP contribution < -0.4 is 10.7 Å². The smallest absolute Gasteiger partial charge is 0.229 e. The number of halogens is 1. The fraction of sp³-hybridized carbons (Fsp3) is 0.0741. The van der Waals surface area contributed by atoms with Gasteiger partial charge in [-0.15, -0.1) is 0 Å². The molecular formula is C27H20IN3O2. The third kappa shape index (κ3) is 4.80. The molecule has 5 nitrogen and oxygen atoms in total. The second-order valence-corrected chi connectivity index (χ2v) is 9.17. The Hall–Kier alpha value is -3.52. The van der Waals surface area contributed by atoms with Gasteiger partial charge >= 0.3 is 0 Å². The van der Waals surface area contributed by atoms with Gasteiger partial charge in [-0.2, -0.15) is 0 Å². The van der Waals surface area contributed by atoms with E-state index in [2.05, 4.69) is 32.9 Å². The lowest BCUT2D eigenvalue weighted by Gasteiger charge is -2.14. The zero-order chi connectivity index (χ0) is 22.8. The number of carbonyl (C=O) groups excluding carboxylic acids is 1. The fourth-order valence-corrected chi connectivity index (χ4v) is 4.27. The van der Waals surface area contributed by atoms with Gasteiger partial charge in [-0.3, -0.25) is 9.59 Å². The number of nitrogens with one attached hydrogen (secondary N) is 2. The number of H-pyrrole nitrogens is 1. The van der Waals surface area contributed by atoms with Gasteiger partial charge in [0.05, 0.1) is 23.1 Å². The van der Waals surface area contributed by atoms with E-state index < -0.39 is 0 Å². The van der Waals surface area contributed by atoms with E-state index in [1.807, 2.05) is 72.8 Å². The van der Waals surface area contributed by atoms with Gasteiger partial charge in [0.15, 0.2) is 11.2 Å². The molecule has 0 spiro atoms. The van der Waals surface area contributed by atoms with Gasteiger partial charge in [-0.1, -0.05) is 48.5 Å². The number of nitrogens with zero attached hydrogens (tertiary/aromatic N) is 1. The molecule has 0 aliphatic carbocycles. The van der Waals surface area contributed by atoms with E-state index in [1.165, 1.54) is 0 Å². The minimum absolute atomic E-state index is 0.0289. The van der Waals surface area contributed by atoms with Crippen molar-refractivity contribution in [2.24, 2.45) is 0 Å². The predicted molar refractivity (Wildman–Crippen MR) is 141 cm³/mol. The number of hydrogen-bond donors (Lipinski definition) is 2. The summed E-state index contributed by atoms with van der Waals surface area (Å²) in [6, 6.07) is 26.7. The van der Waals surface area contributed by atoms with Crippen molar-refractivity contribution in [1.82, 2.24) is 9.97 Å². The highest BCUT2D eigenvalue weighted by atomic mass is 127. The zero-order valence-electron chi connectivity index (χ0n) is 17.6. The average Bonchev–Trinajstić information content (AvgIpc) is 2.81. The molecule has 4 aromatic carbocycles. The summed E-state index contributed by atoms with van der Waals surface area (Å²) < 4.78 is 1.13. The van der Waals surface area contributed by atoms with Crippen molar-refractivity contribution < 1.29 is 4.79 Å². The monoisotopic (exact) mass is 545 g/mol. The summed E-state index contributed by atoms with van der Waals surface area (Å²) in [4.78, 5) is 33.0. The second kappa shape index (κ2) is 9.15. The Morgan fingerprint density at radius 3 is 2.48 bits per heavy atom. The van der Waals surface area contributed by atoms with Crippen LogP contribution in [0.15, 0.2) is 89.7 Å². The minimum atomic E-state index is -0.123. The lowest BCUT2D eigenvalue weighted by molar-refractivity contribution is -0.115. The van der Waals surface area contributed by atoms with E-state index in [0.29, 0.717) is 12.2 Å². The molecule has 6 heteroatoms. The van der Waals surface area contributed by atoms with Crippen molar-refractivity contribution in [2.75, 3.05) is 5.32 Å². The molecule has 0 saturated carbocycles.